The first-order valence-corrected chi connectivity index (χ1v) is 21.7. The van der Waals surface area contributed by atoms with E-state index >= 15 is 0 Å². The van der Waals surface area contributed by atoms with E-state index in [4.69, 9.17) is 30.9 Å². The number of morpholine rings is 2. The van der Waals surface area contributed by atoms with Gasteiger partial charge in [-0.2, -0.15) is 10.2 Å². The third-order valence-corrected chi connectivity index (χ3v) is 11.0. The number of imidazole rings is 2. The maximum absolute atomic E-state index is 12.3. The van der Waals surface area contributed by atoms with Crippen molar-refractivity contribution in [2.75, 3.05) is 84.5 Å². The number of urea groups is 1. The average Bonchev–Trinajstić information content (AvgIpc) is 4.14. The molecule has 10 rings (SSSR count). The monoisotopic (exact) mass is 896 g/mol. The average molecular weight is 897 g/mol. The zero-order chi connectivity index (χ0) is 46.4. The van der Waals surface area contributed by atoms with E-state index in [-0.39, 0.29) is 0 Å². The van der Waals surface area contributed by atoms with Crippen molar-refractivity contribution in [2.24, 2.45) is 0 Å². The molecule has 0 bridgehead atoms. The molecule has 2 aliphatic rings. The molecule has 2 aliphatic heterocycles. The van der Waals surface area contributed by atoms with Crippen molar-refractivity contribution < 1.29 is 24.5 Å². The number of ether oxygens (including phenoxy) is 2. The molecule has 0 unspecified atom stereocenters. The number of benzene rings is 2. The van der Waals surface area contributed by atoms with Gasteiger partial charge in [0.25, 0.3) is 0 Å². The molecule has 6 aromatic heterocycles. The lowest BCUT2D eigenvalue weighted by atomic mass is 10.1. The Morgan fingerprint density at radius 2 is 1.11 bits per heavy atom. The summed E-state index contributed by atoms with van der Waals surface area (Å²) in [6.07, 6.45) is 4.12. The Morgan fingerprint density at radius 1 is 0.636 bits per heavy atom. The molecule has 19 nitrogen and oxygen atoms in total. The number of aromatic amines is 2. The van der Waals surface area contributed by atoms with Crippen LogP contribution in [-0.4, -0.2) is 108 Å². The lowest BCUT2D eigenvalue weighted by molar-refractivity contribution is 0.0733. The van der Waals surface area contributed by atoms with Gasteiger partial charge in [0.2, 0.25) is 0 Å². The molecule has 0 radical (unpaired) electrons. The minimum absolute atomic E-state index is 0.326. The summed E-state index contributed by atoms with van der Waals surface area (Å²) >= 11 is 0. The van der Waals surface area contributed by atoms with Crippen LogP contribution in [0.4, 0.5) is 39.4 Å². The van der Waals surface area contributed by atoms with Gasteiger partial charge in [0, 0.05) is 73.2 Å². The molecule has 8 aromatic rings. The first-order chi connectivity index (χ1) is 31.7. The summed E-state index contributed by atoms with van der Waals surface area (Å²) in [5.74, 6) is 2.99. The van der Waals surface area contributed by atoms with Crippen LogP contribution in [0, 0.1) is 0 Å². The number of hydrogen-bond acceptors (Lipinski definition) is 13. The minimum atomic E-state index is -1.07. The van der Waals surface area contributed by atoms with Crippen molar-refractivity contribution in [3.05, 3.63) is 121 Å². The molecular weight excluding hydrogens is 841 g/mol. The lowest BCUT2D eigenvalue weighted by Crippen LogP contribution is -2.37. The molecule has 0 spiro atoms. The number of nitrogens with one attached hydrogen (secondary N) is 4. The summed E-state index contributed by atoms with van der Waals surface area (Å²) < 4.78 is 15.2. The Balaban J connectivity index is 0.000000157. The minimum Gasteiger partial charge on any atom is -0.399 e. The van der Waals surface area contributed by atoms with Crippen LogP contribution in [0.1, 0.15) is 39.1 Å². The van der Waals surface area contributed by atoms with E-state index in [1.165, 1.54) is 0 Å². The first kappa shape index (κ1) is 45.1. The highest BCUT2D eigenvalue weighted by Crippen LogP contribution is 2.27. The predicted molar refractivity (Wildman–Crippen MR) is 256 cm³/mol. The lowest BCUT2D eigenvalue weighted by Gasteiger charge is -2.29. The molecule has 2 amide bonds. The van der Waals surface area contributed by atoms with Crippen LogP contribution in [-0.2, 0) is 20.7 Å². The molecule has 2 saturated heterocycles. The normalized spacial score (nSPS) is 14.3. The molecule has 8 heterocycles. The van der Waals surface area contributed by atoms with Crippen molar-refractivity contribution in [1.82, 2.24) is 39.2 Å². The Labute approximate surface area is 381 Å². The van der Waals surface area contributed by atoms with Gasteiger partial charge in [-0.15, -0.1) is 0 Å². The first-order valence-electron chi connectivity index (χ1n) is 21.7. The largest absolute Gasteiger partial charge is 0.399 e. The topological polar surface area (TPSA) is 251 Å². The number of carbonyl (C=O) groups is 1. The smallest absolute Gasteiger partial charge is 0.324 e. The number of nitrogen functional groups attached to an aromatic ring is 2. The van der Waals surface area contributed by atoms with Gasteiger partial charge in [0.15, 0.2) is 5.82 Å². The van der Waals surface area contributed by atoms with E-state index in [0.29, 0.717) is 28.7 Å². The number of amides is 2. The van der Waals surface area contributed by atoms with Gasteiger partial charge < -0.3 is 46.3 Å². The molecule has 19 heteroatoms. The third kappa shape index (κ3) is 10.9. The Bertz CT molecular complexity index is 2860. The van der Waals surface area contributed by atoms with Gasteiger partial charge in [-0.1, -0.05) is 36.4 Å². The van der Waals surface area contributed by atoms with Crippen molar-refractivity contribution >= 4 is 52.0 Å². The number of H-pyrrole nitrogens is 2. The van der Waals surface area contributed by atoms with Gasteiger partial charge in [-0.05, 0) is 76.2 Å². The maximum atomic E-state index is 12.3. The Kier molecular flexibility index (Phi) is 13.2. The van der Waals surface area contributed by atoms with Gasteiger partial charge in [0.05, 0.1) is 49.2 Å². The molecule has 2 fully saturated rings. The Morgan fingerprint density at radius 3 is 1.55 bits per heavy atom. The van der Waals surface area contributed by atoms with Crippen LogP contribution in [0.2, 0.25) is 0 Å². The fourth-order valence-corrected chi connectivity index (χ4v) is 7.38. The van der Waals surface area contributed by atoms with E-state index < -0.39 is 17.2 Å². The van der Waals surface area contributed by atoms with Crippen LogP contribution in [0.3, 0.4) is 0 Å². The number of anilines is 6. The highest BCUT2D eigenvalue weighted by molar-refractivity contribution is 5.99. The fourth-order valence-electron chi connectivity index (χ4n) is 7.38. The standard InChI is InChI=1S/C24H27N7O3.C17H18N4O.C6H11N3O/c1-24(2,33)19-14-20(29-28-19)27-23(32)25-17-8-6-16(7-9-17)18-15-31-21(26-18)4-3-5-22(31)30-10-12-34-13-11-30;18-14-6-4-13(5-7-14)15-12-21-16(19-15)2-1-3-17(21)20-8-10-22-11-9-20;1-6(2,10)4-3-5(7)9-8-4/h3-9,14-15,33H,10-13H2,1-2H3,(H3,25,27,28,29,32);1-7,12H,8-11,18H2;3,10H,1-2H3,(H3,7,8,9). The van der Waals surface area contributed by atoms with Gasteiger partial charge in [-0.25, -0.2) is 14.8 Å². The molecule has 344 valence electrons. The van der Waals surface area contributed by atoms with Gasteiger partial charge in [-0.3, -0.25) is 24.3 Å². The fraction of sp³-hybridized carbons (Fsp3) is 0.298. The number of aromatic nitrogens is 8. The van der Waals surface area contributed by atoms with Crippen molar-refractivity contribution in [3.63, 3.8) is 0 Å². The number of nitrogens with zero attached hydrogens (tertiary/aromatic N) is 8. The molecule has 66 heavy (non-hydrogen) atoms. The molecule has 0 atom stereocenters. The highest BCUT2D eigenvalue weighted by Gasteiger charge is 2.21. The number of rotatable bonds is 8. The van der Waals surface area contributed by atoms with E-state index in [1.807, 2.05) is 72.9 Å². The summed E-state index contributed by atoms with van der Waals surface area (Å²) in [4.78, 5) is 26.5. The molecule has 0 saturated carbocycles. The van der Waals surface area contributed by atoms with Crippen LogP contribution in [0.25, 0.3) is 33.8 Å². The number of pyridine rings is 2. The van der Waals surface area contributed by atoms with Gasteiger partial charge in [0.1, 0.15) is 40.0 Å². The van der Waals surface area contributed by atoms with Crippen molar-refractivity contribution in [3.8, 4) is 22.5 Å². The zero-order valence-electron chi connectivity index (χ0n) is 37.4. The second-order valence-electron chi connectivity index (χ2n) is 16.9. The van der Waals surface area contributed by atoms with Crippen LogP contribution in [0.15, 0.2) is 109 Å². The highest BCUT2D eigenvalue weighted by atomic mass is 16.5. The summed E-state index contributed by atoms with van der Waals surface area (Å²) in [7, 11) is 0. The summed E-state index contributed by atoms with van der Waals surface area (Å²) in [5, 5.41) is 37.8. The zero-order valence-corrected chi connectivity index (χ0v) is 37.4. The summed E-state index contributed by atoms with van der Waals surface area (Å²) in [6.45, 7) is 13.1. The van der Waals surface area contributed by atoms with Crippen LogP contribution < -0.4 is 31.9 Å². The van der Waals surface area contributed by atoms with Gasteiger partial charge >= 0.3 is 6.03 Å². The molecule has 10 N–H and O–H groups in total. The quantitative estimate of drug-likeness (QED) is 0.0808. The predicted octanol–water partition coefficient (Wildman–Crippen LogP) is 6.07. The van der Waals surface area contributed by atoms with Crippen LogP contribution >= 0.6 is 0 Å². The number of aliphatic hydroxyl groups is 2. The molecule has 2 aromatic carbocycles. The second-order valence-corrected chi connectivity index (χ2v) is 16.9. The maximum Gasteiger partial charge on any atom is 0.324 e. The van der Waals surface area contributed by atoms with Crippen molar-refractivity contribution in [1.29, 1.82) is 0 Å². The van der Waals surface area contributed by atoms with E-state index in [1.54, 1.807) is 39.8 Å². The summed E-state index contributed by atoms with van der Waals surface area (Å²) in [5.41, 5.74) is 17.3. The van der Waals surface area contributed by atoms with E-state index in [2.05, 4.69) is 74.0 Å². The third-order valence-electron chi connectivity index (χ3n) is 11.0. The molecule has 0 aliphatic carbocycles. The SMILES string of the molecule is CC(C)(O)c1cc(N)n[nH]1.CC(C)(O)c1cc(NC(=O)Nc2ccc(-c3cn4c(N5CCOCC5)cccc4n3)cc2)n[nH]1.Nc1ccc(-c2cn3c(N4CCOCC4)cccc3n2)cc1. The number of hydrogen-bond donors (Lipinski definition) is 8. The summed E-state index contributed by atoms with van der Waals surface area (Å²) in [6, 6.07) is 30.4. The van der Waals surface area contributed by atoms with E-state index in [0.717, 1.165) is 104 Å². The van der Waals surface area contributed by atoms with E-state index in [9.17, 15) is 15.0 Å². The van der Waals surface area contributed by atoms with Crippen molar-refractivity contribution in [2.45, 2.75) is 38.9 Å². The Hall–Kier alpha value is -7.45. The number of carbonyl (C=O) groups excluding carboxylic acids is 1. The number of fused-ring (bicyclic) bond motifs is 2. The van der Waals surface area contributed by atoms with Crippen LogP contribution in [0.5, 0.6) is 0 Å². The molecular formula is C47H56N14O5. The number of nitrogens with two attached hydrogens (primary N) is 2. The second kappa shape index (κ2) is 19.3.